The highest BCUT2D eigenvalue weighted by molar-refractivity contribution is 6.04. The summed E-state index contributed by atoms with van der Waals surface area (Å²) in [4.78, 5) is 15.9. The lowest BCUT2D eigenvalue weighted by Gasteiger charge is -2.08. The lowest BCUT2D eigenvalue weighted by molar-refractivity contribution is 0.102. The molecule has 0 aliphatic carbocycles. The Balaban J connectivity index is 2.22. The molecule has 2 rings (SSSR count). The summed E-state index contributed by atoms with van der Waals surface area (Å²) in [6, 6.07) is 6.21. The van der Waals surface area contributed by atoms with Gasteiger partial charge in [-0.2, -0.15) is 0 Å². The van der Waals surface area contributed by atoms with Crippen molar-refractivity contribution in [1.29, 1.82) is 0 Å². The molecule has 1 N–H and O–H groups in total. The van der Waals surface area contributed by atoms with Crippen LogP contribution in [0, 0.1) is 19.7 Å². The fourth-order valence-electron chi connectivity index (χ4n) is 1.52. The van der Waals surface area contributed by atoms with Crippen molar-refractivity contribution < 1.29 is 9.18 Å². The van der Waals surface area contributed by atoms with E-state index < -0.39 is 0 Å². The Kier molecular flexibility index (Phi) is 3.37. The predicted octanol–water partition coefficient (Wildman–Crippen LogP) is 3.09. The summed E-state index contributed by atoms with van der Waals surface area (Å²) in [5.74, 6) is -0.726. The number of rotatable bonds is 2. The Morgan fingerprint density at radius 1 is 1.22 bits per heavy atom. The standard InChI is InChI=1S/C14H13FN2O/c1-9-3-4-11(7-12(9)15)14(18)17-13-8-16-6-5-10(13)2/h3-8H,1-2H3,(H,17,18). The van der Waals surface area contributed by atoms with Crippen LogP contribution in [-0.4, -0.2) is 10.9 Å². The predicted molar refractivity (Wildman–Crippen MR) is 68.1 cm³/mol. The van der Waals surface area contributed by atoms with Gasteiger partial charge in [-0.1, -0.05) is 6.07 Å². The van der Waals surface area contributed by atoms with Crippen molar-refractivity contribution in [2.45, 2.75) is 13.8 Å². The molecule has 18 heavy (non-hydrogen) atoms. The van der Waals surface area contributed by atoms with Crippen molar-refractivity contribution in [3.63, 3.8) is 0 Å². The largest absolute Gasteiger partial charge is 0.320 e. The third-order valence-electron chi connectivity index (χ3n) is 2.72. The molecule has 1 aromatic carbocycles. The molecule has 0 atom stereocenters. The first-order valence-corrected chi connectivity index (χ1v) is 5.56. The molecule has 1 aromatic heterocycles. The van der Waals surface area contributed by atoms with Crippen LogP contribution in [0.4, 0.5) is 10.1 Å². The lowest BCUT2D eigenvalue weighted by Crippen LogP contribution is -2.13. The number of nitrogens with zero attached hydrogens (tertiary/aromatic N) is 1. The lowest BCUT2D eigenvalue weighted by atomic mass is 10.1. The highest BCUT2D eigenvalue weighted by atomic mass is 19.1. The second kappa shape index (κ2) is 4.96. The number of benzene rings is 1. The molecule has 0 radical (unpaired) electrons. The Hall–Kier alpha value is -2.23. The van der Waals surface area contributed by atoms with Crippen molar-refractivity contribution in [3.8, 4) is 0 Å². The van der Waals surface area contributed by atoms with Crippen molar-refractivity contribution in [2.24, 2.45) is 0 Å². The number of hydrogen-bond acceptors (Lipinski definition) is 2. The van der Waals surface area contributed by atoms with Crippen LogP contribution in [0.3, 0.4) is 0 Å². The topological polar surface area (TPSA) is 42.0 Å². The molecule has 0 spiro atoms. The molecule has 0 saturated heterocycles. The highest BCUT2D eigenvalue weighted by Gasteiger charge is 2.09. The van der Waals surface area contributed by atoms with Gasteiger partial charge in [-0.3, -0.25) is 9.78 Å². The first-order valence-electron chi connectivity index (χ1n) is 5.56. The van der Waals surface area contributed by atoms with Gasteiger partial charge in [-0.25, -0.2) is 4.39 Å². The van der Waals surface area contributed by atoms with Crippen molar-refractivity contribution >= 4 is 11.6 Å². The molecule has 0 aliphatic heterocycles. The molecule has 0 bridgehead atoms. The number of carbonyl (C=O) groups is 1. The summed E-state index contributed by atoms with van der Waals surface area (Å²) < 4.78 is 13.4. The molecule has 1 amide bonds. The maximum absolute atomic E-state index is 13.4. The Labute approximate surface area is 105 Å². The average Bonchev–Trinajstić information content (AvgIpc) is 2.35. The molecule has 0 aliphatic rings. The minimum atomic E-state index is -0.384. The van der Waals surface area contributed by atoms with Crippen LogP contribution >= 0.6 is 0 Å². The van der Waals surface area contributed by atoms with Gasteiger partial charge in [0.1, 0.15) is 5.82 Å². The number of halogens is 1. The number of nitrogens with one attached hydrogen (secondary N) is 1. The number of aromatic nitrogens is 1. The quantitative estimate of drug-likeness (QED) is 0.882. The van der Waals surface area contributed by atoms with Gasteiger partial charge in [0.05, 0.1) is 11.9 Å². The number of hydrogen-bond donors (Lipinski definition) is 1. The maximum atomic E-state index is 13.4. The molecule has 92 valence electrons. The first-order chi connectivity index (χ1) is 8.58. The van der Waals surface area contributed by atoms with Crippen LogP contribution < -0.4 is 5.32 Å². The van der Waals surface area contributed by atoms with Gasteiger partial charge in [0, 0.05) is 11.8 Å². The van der Waals surface area contributed by atoms with E-state index in [1.807, 2.05) is 6.92 Å². The molecular weight excluding hydrogens is 231 g/mol. The number of pyridine rings is 1. The zero-order chi connectivity index (χ0) is 13.1. The number of aryl methyl sites for hydroxylation is 2. The van der Waals surface area contributed by atoms with Gasteiger partial charge in [0.25, 0.3) is 5.91 Å². The van der Waals surface area contributed by atoms with Gasteiger partial charge >= 0.3 is 0 Å². The van der Waals surface area contributed by atoms with Gasteiger partial charge < -0.3 is 5.32 Å². The van der Waals surface area contributed by atoms with E-state index in [4.69, 9.17) is 0 Å². The molecular formula is C14H13FN2O. The maximum Gasteiger partial charge on any atom is 0.255 e. The molecule has 2 aromatic rings. The van der Waals surface area contributed by atoms with Crippen LogP contribution in [-0.2, 0) is 0 Å². The van der Waals surface area contributed by atoms with E-state index in [-0.39, 0.29) is 11.7 Å². The van der Waals surface area contributed by atoms with Gasteiger partial charge in [-0.15, -0.1) is 0 Å². The van der Waals surface area contributed by atoms with Crippen LogP contribution in [0.5, 0.6) is 0 Å². The number of carbonyl (C=O) groups excluding carboxylic acids is 1. The first kappa shape index (κ1) is 12.2. The monoisotopic (exact) mass is 244 g/mol. The fraction of sp³-hybridized carbons (Fsp3) is 0.143. The molecule has 0 fully saturated rings. The van der Waals surface area contributed by atoms with Crippen LogP contribution in [0.2, 0.25) is 0 Å². The van der Waals surface area contributed by atoms with E-state index in [0.717, 1.165) is 5.56 Å². The summed E-state index contributed by atoms with van der Waals surface area (Å²) in [5, 5.41) is 2.71. The van der Waals surface area contributed by atoms with Crippen molar-refractivity contribution in [3.05, 3.63) is 59.2 Å². The fourth-order valence-corrected chi connectivity index (χ4v) is 1.52. The molecule has 1 heterocycles. The Morgan fingerprint density at radius 2 is 2.00 bits per heavy atom. The number of amides is 1. The van der Waals surface area contributed by atoms with Crippen LogP contribution in [0.1, 0.15) is 21.5 Å². The van der Waals surface area contributed by atoms with E-state index in [1.54, 1.807) is 37.5 Å². The van der Waals surface area contributed by atoms with Crippen molar-refractivity contribution in [2.75, 3.05) is 5.32 Å². The third kappa shape index (κ3) is 2.53. The molecule has 4 heteroatoms. The van der Waals surface area contributed by atoms with E-state index in [2.05, 4.69) is 10.3 Å². The second-order valence-corrected chi connectivity index (χ2v) is 4.11. The molecule has 3 nitrogen and oxygen atoms in total. The van der Waals surface area contributed by atoms with Gasteiger partial charge in [-0.05, 0) is 43.2 Å². The van der Waals surface area contributed by atoms with E-state index in [0.29, 0.717) is 16.8 Å². The van der Waals surface area contributed by atoms with E-state index in [9.17, 15) is 9.18 Å². The van der Waals surface area contributed by atoms with Gasteiger partial charge in [0.2, 0.25) is 0 Å². The van der Waals surface area contributed by atoms with E-state index in [1.165, 1.54) is 6.07 Å². The summed E-state index contributed by atoms with van der Waals surface area (Å²) in [6.07, 6.45) is 3.22. The van der Waals surface area contributed by atoms with E-state index >= 15 is 0 Å². The Bertz CT molecular complexity index is 596. The summed E-state index contributed by atoms with van der Waals surface area (Å²) >= 11 is 0. The minimum absolute atomic E-state index is 0.293. The molecule has 0 saturated carbocycles. The van der Waals surface area contributed by atoms with Crippen LogP contribution in [0.15, 0.2) is 36.7 Å². The van der Waals surface area contributed by atoms with Crippen molar-refractivity contribution in [1.82, 2.24) is 4.98 Å². The summed E-state index contributed by atoms with van der Waals surface area (Å²) in [7, 11) is 0. The number of anilines is 1. The smallest absolute Gasteiger partial charge is 0.255 e. The zero-order valence-electron chi connectivity index (χ0n) is 10.2. The second-order valence-electron chi connectivity index (χ2n) is 4.11. The Morgan fingerprint density at radius 3 is 2.67 bits per heavy atom. The summed E-state index contributed by atoms with van der Waals surface area (Å²) in [5.41, 5.74) is 2.35. The van der Waals surface area contributed by atoms with Crippen LogP contribution in [0.25, 0.3) is 0 Å². The minimum Gasteiger partial charge on any atom is -0.320 e. The SMILES string of the molecule is Cc1ccc(C(=O)Nc2cnccc2C)cc1F. The zero-order valence-corrected chi connectivity index (χ0v) is 10.2. The third-order valence-corrected chi connectivity index (χ3v) is 2.72. The summed E-state index contributed by atoms with van der Waals surface area (Å²) in [6.45, 7) is 3.52. The van der Waals surface area contributed by atoms with Gasteiger partial charge in [0.15, 0.2) is 0 Å². The highest BCUT2D eigenvalue weighted by Crippen LogP contribution is 2.14. The molecule has 0 unspecified atom stereocenters. The average molecular weight is 244 g/mol. The normalized spacial score (nSPS) is 10.2.